The van der Waals surface area contributed by atoms with E-state index in [2.05, 4.69) is 59.8 Å². The molecule has 0 saturated heterocycles. The summed E-state index contributed by atoms with van der Waals surface area (Å²) in [4.78, 5) is 0. The molecule has 0 aliphatic carbocycles. The monoisotopic (exact) mass is 282 g/mol. The molecule has 82 valence electrons. The van der Waals surface area contributed by atoms with Crippen LogP contribution in [0.4, 0.5) is 0 Å². The van der Waals surface area contributed by atoms with Crippen LogP contribution in [0, 0.1) is 0 Å². The number of allylic oxidation sites excluding steroid dienone is 1. The molecule has 2 heteroatoms. The first kappa shape index (κ1) is 12.7. The largest absolute Gasteiger partial charge is 0.0886 e. The highest BCUT2D eigenvalue weighted by atomic mass is 79.9. The molecular weight excluding hydrogens is 264 g/mol. The van der Waals surface area contributed by atoms with Crippen LogP contribution in [0.1, 0.15) is 25.3 Å². The van der Waals surface area contributed by atoms with Gasteiger partial charge in [0.05, 0.1) is 0 Å². The Bertz CT molecular complexity index is 321. The van der Waals surface area contributed by atoms with Gasteiger partial charge >= 0.3 is 0 Å². The average molecular weight is 283 g/mol. The first-order valence-corrected chi connectivity index (χ1v) is 7.26. The van der Waals surface area contributed by atoms with Gasteiger partial charge in [-0.05, 0) is 27.9 Å². The summed E-state index contributed by atoms with van der Waals surface area (Å²) in [6.07, 6.45) is 3.58. The molecule has 15 heavy (non-hydrogen) atoms. The first-order chi connectivity index (χ1) is 7.08. The lowest BCUT2D eigenvalue weighted by atomic mass is 9.94. The second-order valence-electron chi connectivity index (χ2n) is 4.38. The molecule has 0 aliphatic rings. The van der Waals surface area contributed by atoms with Crippen LogP contribution in [0.5, 0.6) is 0 Å². The third-order valence-corrected chi connectivity index (χ3v) is 6.04. The maximum absolute atomic E-state index is 4.09. The molecule has 0 aliphatic heterocycles. The predicted octanol–water partition coefficient (Wildman–Crippen LogP) is 3.46. The van der Waals surface area contributed by atoms with Crippen molar-refractivity contribution in [2.24, 2.45) is 0 Å². The second kappa shape index (κ2) is 5.66. The lowest BCUT2D eigenvalue weighted by Gasteiger charge is -2.29. The molecule has 0 saturated carbocycles. The smallest absolute Gasteiger partial charge is 0.0173 e. The quantitative estimate of drug-likeness (QED) is 0.726. The van der Waals surface area contributed by atoms with Crippen molar-refractivity contribution in [1.82, 2.24) is 0 Å². The van der Waals surface area contributed by atoms with Crippen LogP contribution in [0.25, 0.3) is 0 Å². The van der Waals surface area contributed by atoms with Crippen molar-refractivity contribution in [3.8, 4) is 0 Å². The maximum atomic E-state index is 4.09. The molecule has 1 rings (SSSR count). The summed E-state index contributed by atoms with van der Waals surface area (Å²) >= 11 is 3.60. The highest BCUT2D eigenvalue weighted by Crippen LogP contribution is 2.42. The highest BCUT2D eigenvalue weighted by Gasteiger charge is 2.25. The maximum Gasteiger partial charge on any atom is 0.0173 e. The minimum atomic E-state index is 0.316. The fourth-order valence-corrected chi connectivity index (χ4v) is 3.16. The van der Waals surface area contributed by atoms with Gasteiger partial charge in [0.1, 0.15) is 0 Å². The van der Waals surface area contributed by atoms with Crippen molar-refractivity contribution >= 4 is 26.2 Å². The van der Waals surface area contributed by atoms with Crippen LogP contribution < -0.4 is 0 Å². The Morgan fingerprint density at radius 1 is 1.40 bits per heavy atom. The molecule has 1 unspecified atom stereocenters. The third kappa shape index (κ3) is 3.62. The summed E-state index contributed by atoms with van der Waals surface area (Å²) in [6.45, 7) is 6.34. The summed E-state index contributed by atoms with van der Waals surface area (Å²) < 4.78 is 1.17. The lowest BCUT2D eigenvalue weighted by Crippen LogP contribution is -2.16. The van der Waals surface area contributed by atoms with E-state index in [-0.39, 0.29) is 0 Å². The van der Waals surface area contributed by atoms with Crippen molar-refractivity contribution in [1.29, 1.82) is 0 Å². The predicted molar refractivity (Wildman–Crippen MR) is 75.8 cm³/mol. The Hall–Kier alpha value is -0.343. The van der Waals surface area contributed by atoms with Crippen LogP contribution in [0.15, 0.2) is 41.4 Å². The second-order valence-corrected chi connectivity index (χ2v) is 7.25. The number of hydrogen-bond acceptors (Lipinski definition) is 0. The Kier molecular flexibility index (Phi) is 4.80. The summed E-state index contributed by atoms with van der Waals surface area (Å²) in [5.74, 6) is 0. The van der Waals surface area contributed by atoms with Gasteiger partial charge in [0, 0.05) is 10.2 Å². The average Bonchev–Trinajstić information content (AvgIpc) is 2.19. The molecule has 0 bridgehead atoms. The van der Waals surface area contributed by atoms with Crippen molar-refractivity contribution < 1.29 is 0 Å². The van der Waals surface area contributed by atoms with Crippen molar-refractivity contribution in [2.45, 2.75) is 31.2 Å². The fourth-order valence-electron chi connectivity index (χ4n) is 1.92. The summed E-state index contributed by atoms with van der Waals surface area (Å²) in [7, 11) is 1.15. The Balaban J connectivity index is 2.80. The Morgan fingerprint density at radius 2 is 2.00 bits per heavy atom. The van der Waals surface area contributed by atoms with Gasteiger partial charge in [-0.25, -0.2) is 0 Å². The molecule has 0 heterocycles. The minimum absolute atomic E-state index is 0.316. The molecule has 0 fully saturated rings. The van der Waals surface area contributed by atoms with E-state index < -0.39 is 0 Å². The molecule has 0 N–H and O–H groups in total. The van der Waals surface area contributed by atoms with Gasteiger partial charge < -0.3 is 0 Å². The molecule has 0 spiro atoms. The summed E-state index contributed by atoms with van der Waals surface area (Å²) in [6, 6.07) is 10.7. The molecule has 1 aromatic carbocycles. The molecule has 0 aromatic heterocycles. The van der Waals surface area contributed by atoms with E-state index in [1.807, 2.05) is 0 Å². The van der Waals surface area contributed by atoms with E-state index in [4.69, 9.17) is 0 Å². The standard InChI is InChI=1S/C13H19BrSi/c1-3-9-13(15,11(2)14)10-12-7-5-4-6-8-12/h4-8H,2-3,9-10H2,1,15H3. The van der Waals surface area contributed by atoms with Gasteiger partial charge in [0.15, 0.2) is 0 Å². The van der Waals surface area contributed by atoms with E-state index >= 15 is 0 Å². The minimum Gasteiger partial charge on any atom is -0.0886 e. The van der Waals surface area contributed by atoms with Gasteiger partial charge in [-0.1, -0.05) is 66.2 Å². The van der Waals surface area contributed by atoms with Gasteiger partial charge in [0.2, 0.25) is 0 Å². The van der Waals surface area contributed by atoms with Crippen LogP contribution in [-0.4, -0.2) is 10.2 Å². The van der Waals surface area contributed by atoms with Crippen LogP contribution in [0.2, 0.25) is 5.04 Å². The molecule has 1 aromatic rings. The normalized spacial score (nSPS) is 14.8. The van der Waals surface area contributed by atoms with E-state index in [1.54, 1.807) is 0 Å². The first-order valence-electron chi connectivity index (χ1n) is 5.47. The molecule has 0 nitrogen and oxygen atoms in total. The molecule has 0 radical (unpaired) electrons. The van der Waals surface area contributed by atoms with E-state index in [9.17, 15) is 0 Å². The van der Waals surface area contributed by atoms with Crippen molar-refractivity contribution in [3.63, 3.8) is 0 Å². The lowest BCUT2D eigenvalue weighted by molar-refractivity contribution is 0.596. The molecule has 1 atom stereocenters. The fraction of sp³-hybridized carbons (Fsp3) is 0.385. The number of rotatable bonds is 5. The summed E-state index contributed by atoms with van der Waals surface area (Å²) in [5, 5.41) is 0.316. The zero-order valence-corrected chi connectivity index (χ0v) is 13.2. The molecular formula is C13H19BrSi. The molecule has 0 amide bonds. The highest BCUT2D eigenvalue weighted by molar-refractivity contribution is 9.11. The van der Waals surface area contributed by atoms with Gasteiger partial charge in [-0.15, -0.1) is 0 Å². The van der Waals surface area contributed by atoms with E-state index in [1.165, 1.54) is 22.9 Å². The van der Waals surface area contributed by atoms with Gasteiger partial charge in [-0.2, -0.15) is 0 Å². The zero-order valence-electron chi connectivity index (χ0n) is 9.59. The third-order valence-electron chi connectivity index (χ3n) is 2.89. The van der Waals surface area contributed by atoms with Crippen LogP contribution in [0.3, 0.4) is 0 Å². The number of halogens is 1. The Morgan fingerprint density at radius 3 is 2.47 bits per heavy atom. The van der Waals surface area contributed by atoms with E-state index in [0.29, 0.717) is 5.04 Å². The van der Waals surface area contributed by atoms with E-state index in [0.717, 1.165) is 16.7 Å². The zero-order chi connectivity index (χ0) is 11.3. The number of benzene rings is 1. The van der Waals surface area contributed by atoms with Crippen LogP contribution in [-0.2, 0) is 6.42 Å². The Labute approximate surface area is 104 Å². The van der Waals surface area contributed by atoms with Crippen LogP contribution >= 0.6 is 15.9 Å². The number of hydrogen-bond donors (Lipinski definition) is 0. The SMILES string of the molecule is C=C(Br)C([SiH3])(CCC)Cc1ccccc1. The summed E-state index contributed by atoms with van der Waals surface area (Å²) in [5.41, 5.74) is 1.42. The van der Waals surface area contributed by atoms with Gasteiger partial charge in [-0.3, -0.25) is 0 Å². The van der Waals surface area contributed by atoms with Crippen molar-refractivity contribution in [2.75, 3.05) is 0 Å². The van der Waals surface area contributed by atoms with Crippen molar-refractivity contribution in [3.05, 3.63) is 47.0 Å². The topological polar surface area (TPSA) is 0 Å². The van der Waals surface area contributed by atoms with Gasteiger partial charge in [0.25, 0.3) is 0 Å².